The van der Waals surface area contributed by atoms with E-state index in [0.29, 0.717) is 12.4 Å². The van der Waals surface area contributed by atoms with Gasteiger partial charge in [-0.3, -0.25) is 4.79 Å². The summed E-state index contributed by atoms with van der Waals surface area (Å²) >= 11 is 0. The van der Waals surface area contributed by atoms with E-state index in [1.54, 1.807) is 18.5 Å². The predicted octanol–water partition coefficient (Wildman–Crippen LogP) is -0.00370. The Morgan fingerprint density at radius 1 is 1.18 bits per heavy atom. The van der Waals surface area contributed by atoms with Gasteiger partial charge in [-0.1, -0.05) is 0 Å². The number of anilines is 1. The van der Waals surface area contributed by atoms with Gasteiger partial charge in [0.05, 0.1) is 11.5 Å². The van der Waals surface area contributed by atoms with E-state index < -0.39 is 9.84 Å². The number of hydrogen-bond acceptors (Lipinski definition) is 6. The molecule has 120 valence electrons. The highest BCUT2D eigenvalue weighted by Gasteiger charge is 2.32. The van der Waals surface area contributed by atoms with Gasteiger partial charge in [-0.25, -0.2) is 18.4 Å². The minimum absolute atomic E-state index is 0.0178. The van der Waals surface area contributed by atoms with Crippen LogP contribution >= 0.6 is 0 Å². The quantitative estimate of drug-likeness (QED) is 0.841. The highest BCUT2D eigenvalue weighted by atomic mass is 32.2. The van der Waals surface area contributed by atoms with Gasteiger partial charge in [0, 0.05) is 37.4 Å². The molecule has 22 heavy (non-hydrogen) atoms. The molecule has 0 aromatic carbocycles. The zero-order chi connectivity index (χ0) is 15.6. The molecule has 0 radical (unpaired) electrons. The van der Waals surface area contributed by atoms with E-state index in [2.05, 4.69) is 20.2 Å². The van der Waals surface area contributed by atoms with E-state index in [1.807, 2.05) is 0 Å². The van der Waals surface area contributed by atoms with Crippen molar-refractivity contribution in [3.05, 3.63) is 18.5 Å². The average Bonchev–Trinajstić information content (AvgIpc) is 2.87. The molecule has 3 heterocycles. The highest BCUT2D eigenvalue weighted by Crippen LogP contribution is 2.21. The van der Waals surface area contributed by atoms with E-state index in [9.17, 15) is 13.2 Å². The summed E-state index contributed by atoms with van der Waals surface area (Å²) in [5.41, 5.74) is 0. The lowest BCUT2D eigenvalue weighted by Gasteiger charge is -2.31. The molecule has 0 unspecified atom stereocenters. The number of sulfone groups is 1. The fraction of sp³-hybridized carbons (Fsp3) is 0.643. The van der Waals surface area contributed by atoms with E-state index >= 15 is 0 Å². The van der Waals surface area contributed by atoms with E-state index in [4.69, 9.17) is 0 Å². The van der Waals surface area contributed by atoms with Crippen LogP contribution in [-0.4, -0.2) is 54.9 Å². The molecular formula is C14H20N4O3S. The van der Waals surface area contributed by atoms with Crippen molar-refractivity contribution in [2.45, 2.75) is 25.3 Å². The minimum Gasteiger partial charge on any atom is -0.352 e. The van der Waals surface area contributed by atoms with Gasteiger partial charge in [0.15, 0.2) is 9.84 Å². The summed E-state index contributed by atoms with van der Waals surface area (Å²) in [5, 5.41) is 2.89. The summed E-state index contributed by atoms with van der Waals surface area (Å²) in [7, 11) is -2.96. The Morgan fingerprint density at radius 2 is 1.86 bits per heavy atom. The molecule has 2 fully saturated rings. The van der Waals surface area contributed by atoms with Gasteiger partial charge < -0.3 is 10.2 Å². The molecule has 0 spiro atoms. The van der Waals surface area contributed by atoms with E-state index in [-0.39, 0.29) is 29.4 Å². The Kier molecular flexibility index (Phi) is 4.28. The molecule has 0 saturated carbocycles. The summed E-state index contributed by atoms with van der Waals surface area (Å²) in [4.78, 5) is 22.8. The Morgan fingerprint density at radius 3 is 2.45 bits per heavy atom. The Balaban J connectivity index is 1.50. The first kappa shape index (κ1) is 15.2. The number of nitrogens with one attached hydrogen (secondary N) is 1. The first-order valence-corrected chi connectivity index (χ1v) is 9.38. The van der Waals surface area contributed by atoms with Crippen LogP contribution in [0.25, 0.3) is 0 Å². The van der Waals surface area contributed by atoms with E-state index in [0.717, 1.165) is 25.9 Å². The predicted molar refractivity (Wildman–Crippen MR) is 82.2 cm³/mol. The summed E-state index contributed by atoms with van der Waals surface area (Å²) in [6, 6.07) is 1.56. The largest absolute Gasteiger partial charge is 0.352 e. The lowest BCUT2D eigenvalue weighted by molar-refractivity contribution is -0.126. The van der Waals surface area contributed by atoms with Crippen LogP contribution in [-0.2, 0) is 14.6 Å². The van der Waals surface area contributed by atoms with Gasteiger partial charge in [-0.15, -0.1) is 0 Å². The fourth-order valence-corrected chi connectivity index (χ4v) is 4.70. The van der Waals surface area contributed by atoms with Crippen LogP contribution in [0.15, 0.2) is 18.5 Å². The molecule has 1 aromatic rings. The van der Waals surface area contributed by atoms with E-state index in [1.165, 1.54) is 0 Å². The van der Waals surface area contributed by atoms with Crippen LogP contribution < -0.4 is 10.2 Å². The third-order valence-corrected chi connectivity index (χ3v) is 6.05. The topological polar surface area (TPSA) is 92.3 Å². The van der Waals surface area contributed by atoms with Gasteiger partial charge in [-0.2, -0.15) is 0 Å². The second-order valence-corrected chi connectivity index (χ2v) is 8.15. The van der Waals surface area contributed by atoms with Gasteiger partial charge in [0.25, 0.3) is 0 Å². The Hall–Kier alpha value is -1.70. The normalized spacial score (nSPS) is 25.1. The molecule has 1 aromatic heterocycles. The van der Waals surface area contributed by atoms with Crippen molar-refractivity contribution in [2.24, 2.45) is 5.92 Å². The van der Waals surface area contributed by atoms with Crippen molar-refractivity contribution in [2.75, 3.05) is 29.5 Å². The zero-order valence-electron chi connectivity index (χ0n) is 12.3. The van der Waals surface area contributed by atoms with Crippen molar-refractivity contribution in [3.8, 4) is 0 Å². The number of rotatable bonds is 3. The molecular weight excluding hydrogens is 304 g/mol. The molecule has 0 aliphatic carbocycles. The van der Waals surface area contributed by atoms with Crippen LogP contribution in [0.2, 0.25) is 0 Å². The zero-order valence-corrected chi connectivity index (χ0v) is 13.1. The monoisotopic (exact) mass is 324 g/mol. The Bertz CT molecular complexity index is 627. The molecule has 3 rings (SSSR count). The molecule has 2 aliphatic heterocycles. The maximum Gasteiger partial charge on any atom is 0.225 e. The molecule has 2 saturated heterocycles. The first-order chi connectivity index (χ1) is 10.5. The standard InChI is InChI=1S/C14H20N4O3S/c19-13(17-12-4-9-22(20,21)10-12)11-2-7-18(8-3-11)14-15-5-1-6-16-14/h1,5-6,11-12H,2-4,7-10H2,(H,17,19)/t12-/m0/s1. The van der Waals surface area contributed by atoms with Crippen molar-refractivity contribution < 1.29 is 13.2 Å². The third kappa shape index (κ3) is 3.55. The van der Waals surface area contributed by atoms with Gasteiger partial charge in [0.2, 0.25) is 11.9 Å². The second kappa shape index (κ2) is 6.20. The van der Waals surface area contributed by atoms with Crippen LogP contribution in [0, 0.1) is 5.92 Å². The lowest BCUT2D eigenvalue weighted by atomic mass is 9.95. The summed E-state index contributed by atoms with van der Waals surface area (Å²) in [6.07, 6.45) is 5.43. The lowest BCUT2D eigenvalue weighted by Crippen LogP contribution is -2.44. The number of hydrogen-bond donors (Lipinski definition) is 1. The van der Waals surface area contributed by atoms with Crippen LogP contribution in [0.3, 0.4) is 0 Å². The van der Waals surface area contributed by atoms with Crippen molar-refractivity contribution in [3.63, 3.8) is 0 Å². The number of carbonyl (C=O) groups excluding carboxylic acids is 1. The molecule has 0 bridgehead atoms. The smallest absolute Gasteiger partial charge is 0.225 e. The fourth-order valence-electron chi connectivity index (χ4n) is 3.02. The number of amides is 1. The summed E-state index contributed by atoms with van der Waals surface area (Å²) in [6.45, 7) is 1.48. The van der Waals surface area contributed by atoms with Crippen molar-refractivity contribution in [1.82, 2.24) is 15.3 Å². The highest BCUT2D eigenvalue weighted by molar-refractivity contribution is 7.91. The molecule has 8 heteroatoms. The molecule has 7 nitrogen and oxygen atoms in total. The van der Waals surface area contributed by atoms with Crippen LogP contribution in [0.1, 0.15) is 19.3 Å². The van der Waals surface area contributed by atoms with Gasteiger partial charge in [0.1, 0.15) is 0 Å². The number of carbonyl (C=O) groups is 1. The third-order valence-electron chi connectivity index (χ3n) is 4.28. The summed E-state index contributed by atoms with van der Waals surface area (Å²) in [5.74, 6) is 0.888. The molecule has 1 N–H and O–H groups in total. The maximum atomic E-state index is 12.3. The first-order valence-electron chi connectivity index (χ1n) is 7.56. The van der Waals surface area contributed by atoms with Crippen molar-refractivity contribution >= 4 is 21.7 Å². The van der Waals surface area contributed by atoms with Gasteiger partial charge in [-0.05, 0) is 25.3 Å². The maximum absolute atomic E-state index is 12.3. The minimum atomic E-state index is -2.96. The number of nitrogens with zero attached hydrogens (tertiary/aromatic N) is 3. The average molecular weight is 324 g/mol. The summed E-state index contributed by atoms with van der Waals surface area (Å²) < 4.78 is 22.9. The molecule has 1 atom stereocenters. The van der Waals surface area contributed by atoms with Gasteiger partial charge >= 0.3 is 0 Å². The molecule has 1 amide bonds. The Labute approximate surface area is 130 Å². The van der Waals surface area contributed by atoms with Crippen molar-refractivity contribution in [1.29, 1.82) is 0 Å². The second-order valence-electron chi connectivity index (χ2n) is 5.92. The van der Waals surface area contributed by atoms with Crippen LogP contribution in [0.5, 0.6) is 0 Å². The number of aromatic nitrogens is 2. The van der Waals surface area contributed by atoms with Crippen LogP contribution in [0.4, 0.5) is 5.95 Å². The molecule has 2 aliphatic rings. The number of piperidine rings is 1. The SMILES string of the molecule is O=C(N[C@H]1CCS(=O)(=O)C1)C1CCN(c2ncccn2)CC1.